The molecule has 24 heavy (non-hydrogen) atoms. The first-order valence-corrected chi connectivity index (χ1v) is 9.33. The van der Waals surface area contributed by atoms with Crippen LogP contribution in [0.1, 0.15) is 11.8 Å². The van der Waals surface area contributed by atoms with Gasteiger partial charge in [0.25, 0.3) is 0 Å². The molecule has 0 radical (unpaired) electrons. The fourth-order valence-corrected chi connectivity index (χ4v) is 3.08. The Labute approximate surface area is 152 Å². The molecule has 1 atom stereocenters. The minimum absolute atomic E-state index is 0.355. The Morgan fingerprint density at radius 1 is 1.08 bits per heavy atom. The quantitative estimate of drug-likeness (QED) is 0.637. The second-order valence-electron chi connectivity index (χ2n) is 5.19. The summed E-state index contributed by atoms with van der Waals surface area (Å²) in [6.45, 7) is 0. The van der Waals surface area contributed by atoms with E-state index in [-0.39, 0.29) is 6.23 Å². The van der Waals surface area contributed by atoms with E-state index in [4.69, 9.17) is 4.74 Å². The lowest BCUT2D eigenvalue weighted by atomic mass is 10.1. The predicted molar refractivity (Wildman–Crippen MR) is 98.2 cm³/mol. The molecular formula is C17H13BrN4OS. The number of anilines is 1. The minimum Gasteiger partial charge on any atom is -0.448 e. The van der Waals surface area contributed by atoms with Gasteiger partial charge in [-0.2, -0.15) is 4.98 Å². The number of fused-ring (bicyclic) bond motifs is 3. The molecule has 0 fully saturated rings. The molecule has 0 aliphatic carbocycles. The van der Waals surface area contributed by atoms with Gasteiger partial charge >= 0.3 is 0 Å². The monoisotopic (exact) mass is 400 g/mol. The molecule has 0 saturated heterocycles. The van der Waals surface area contributed by atoms with Crippen molar-refractivity contribution >= 4 is 33.4 Å². The number of aromatic nitrogens is 3. The Kier molecular flexibility index (Phi) is 4.12. The third-order valence-corrected chi connectivity index (χ3v) is 4.76. The highest BCUT2D eigenvalue weighted by molar-refractivity contribution is 9.10. The van der Waals surface area contributed by atoms with Crippen molar-refractivity contribution in [2.45, 2.75) is 11.4 Å². The highest BCUT2D eigenvalue weighted by Gasteiger charge is 2.25. The number of nitrogens with zero attached hydrogens (tertiary/aromatic N) is 3. The van der Waals surface area contributed by atoms with Crippen LogP contribution in [-0.4, -0.2) is 21.4 Å². The number of hydrogen-bond donors (Lipinski definition) is 1. The second-order valence-corrected chi connectivity index (χ2v) is 6.88. The van der Waals surface area contributed by atoms with Gasteiger partial charge < -0.3 is 10.1 Å². The van der Waals surface area contributed by atoms with Crippen LogP contribution < -0.4 is 10.1 Å². The molecular weight excluding hydrogens is 388 g/mol. The van der Waals surface area contributed by atoms with Crippen molar-refractivity contribution in [3.8, 4) is 17.1 Å². The van der Waals surface area contributed by atoms with Crippen LogP contribution >= 0.6 is 27.7 Å². The van der Waals surface area contributed by atoms with Crippen LogP contribution in [-0.2, 0) is 0 Å². The highest BCUT2D eigenvalue weighted by atomic mass is 79.9. The molecule has 1 aromatic heterocycles. The number of nitrogens with one attached hydrogen (secondary N) is 1. The lowest BCUT2D eigenvalue weighted by Gasteiger charge is -2.19. The third-order valence-electron chi connectivity index (χ3n) is 3.69. The fraction of sp³-hybridized carbons (Fsp3) is 0.118. The summed E-state index contributed by atoms with van der Waals surface area (Å²) < 4.78 is 7.18. The number of thioether (sulfide) groups is 1. The van der Waals surface area contributed by atoms with Crippen LogP contribution in [0.3, 0.4) is 0 Å². The third kappa shape index (κ3) is 2.85. The van der Waals surface area contributed by atoms with E-state index in [9.17, 15) is 0 Å². The Morgan fingerprint density at radius 3 is 2.67 bits per heavy atom. The van der Waals surface area contributed by atoms with Gasteiger partial charge in [-0.05, 0) is 24.5 Å². The van der Waals surface area contributed by atoms with Gasteiger partial charge in [0.1, 0.15) is 0 Å². The van der Waals surface area contributed by atoms with Crippen molar-refractivity contribution in [1.29, 1.82) is 0 Å². The van der Waals surface area contributed by atoms with Crippen LogP contribution in [0.5, 0.6) is 5.88 Å². The summed E-state index contributed by atoms with van der Waals surface area (Å²) in [6.07, 6.45) is 1.56. The molecule has 1 aliphatic rings. The normalized spacial score (nSPS) is 15.5. The van der Waals surface area contributed by atoms with E-state index in [2.05, 4.69) is 36.4 Å². The Bertz CT molecular complexity index is 888. The van der Waals surface area contributed by atoms with Crippen LogP contribution in [0.4, 0.5) is 5.69 Å². The molecule has 120 valence electrons. The zero-order valence-electron chi connectivity index (χ0n) is 12.7. The molecule has 2 aromatic carbocycles. The van der Waals surface area contributed by atoms with Crippen molar-refractivity contribution in [2.24, 2.45) is 0 Å². The molecule has 0 saturated carbocycles. The largest absolute Gasteiger partial charge is 0.448 e. The van der Waals surface area contributed by atoms with Gasteiger partial charge in [-0.1, -0.05) is 58.0 Å². The molecule has 1 aliphatic heterocycles. The average molecular weight is 401 g/mol. The molecule has 3 aromatic rings. The van der Waals surface area contributed by atoms with Crippen molar-refractivity contribution in [2.75, 3.05) is 11.6 Å². The Morgan fingerprint density at radius 2 is 1.88 bits per heavy atom. The molecule has 4 rings (SSSR count). The van der Waals surface area contributed by atoms with E-state index in [0.717, 1.165) is 21.3 Å². The lowest BCUT2D eigenvalue weighted by molar-refractivity contribution is 0.225. The number of halogens is 1. The molecule has 5 nitrogen and oxygen atoms in total. The minimum atomic E-state index is -0.355. The maximum absolute atomic E-state index is 6.15. The molecule has 1 N–H and O–H groups in total. The number of ether oxygens (including phenoxy) is 1. The van der Waals surface area contributed by atoms with Gasteiger partial charge in [-0.25, -0.2) is 0 Å². The van der Waals surface area contributed by atoms with Gasteiger partial charge in [0, 0.05) is 21.3 Å². The first-order valence-electron chi connectivity index (χ1n) is 7.31. The summed E-state index contributed by atoms with van der Waals surface area (Å²) in [5, 5.41) is 12.5. The molecule has 0 spiro atoms. The fourth-order valence-electron chi connectivity index (χ4n) is 2.52. The van der Waals surface area contributed by atoms with Gasteiger partial charge in [0.05, 0.1) is 0 Å². The first-order chi connectivity index (χ1) is 11.7. The topological polar surface area (TPSA) is 59.9 Å². The molecule has 2 heterocycles. The van der Waals surface area contributed by atoms with E-state index >= 15 is 0 Å². The summed E-state index contributed by atoms with van der Waals surface area (Å²) in [6, 6.07) is 15.9. The highest BCUT2D eigenvalue weighted by Crippen LogP contribution is 2.39. The number of benzene rings is 2. The van der Waals surface area contributed by atoms with Gasteiger partial charge in [-0.15, -0.1) is 10.2 Å². The maximum atomic E-state index is 6.15. The number of rotatable bonds is 2. The van der Waals surface area contributed by atoms with Crippen molar-refractivity contribution in [1.82, 2.24) is 15.2 Å². The van der Waals surface area contributed by atoms with Crippen LogP contribution in [0.15, 0.2) is 58.2 Å². The van der Waals surface area contributed by atoms with E-state index < -0.39 is 0 Å². The van der Waals surface area contributed by atoms with E-state index in [1.807, 2.05) is 54.8 Å². The van der Waals surface area contributed by atoms with Gasteiger partial charge in [-0.3, -0.25) is 0 Å². The standard InChI is InChI=1S/C17H13BrN4OS/c1-24-17-20-16-14(21-22-17)12-4-2-3-5-13(12)19-15(23-16)10-6-8-11(18)9-7-10/h2-9,15,19H,1H3. The van der Waals surface area contributed by atoms with Crippen molar-refractivity contribution < 1.29 is 4.74 Å². The van der Waals surface area contributed by atoms with Crippen LogP contribution in [0.2, 0.25) is 0 Å². The molecule has 0 bridgehead atoms. The van der Waals surface area contributed by atoms with Gasteiger partial charge in [0.15, 0.2) is 11.9 Å². The molecule has 0 amide bonds. The van der Waals surface area contributed by atoms with Crippen molar-refractivity contribution in [3.05, 3.63) is 58.6 Å². The average Bonchev–Trinajstić information content (AvgIpc) is 2.78. The van der Waals surface area contributed by atoms with E-state index in [1.165, 1.54) is 11.8 Å². The summed E-state index contributed by atoms with van der Waals surface area (Å²) >= 11 is 4.90. The van der Waals surface area contributed by atoms with Crippen LogP contribution in [0, 0.1) is 0 Å². The zero-order chi connectivity index (χ0) is 16.5. The summed E-state index contributed by atoms with van der Waals surface area (Å²) in [7, 11) is 0. The Hall–Kier alpha value is -2.12. The van der Waals surface area contributed by atoms with E-state index in [0.29, 0.717) is 16.7 Å². The predicted octanol–water partition coefficient (Wildman–Crippen LogP) is 4.53. The summed E-state index contributed by atoms with van der Waals surface area (Å²) in [5.41, 5.74) is 3.53. The summed E-state index contributed by atoms with van der Waals surface area (Å²) in [5.74, 6) is 0.486. The SMILES string of the molecule is CSc1nnc2c(n1)OC(c1ccc(Br)cc1)Nc1ccccc1-2. The van der Waals surface area contributed by atoms with Crippen LogP contribution in [0.25, 0.3) is 11.3 Å². The zero-order valence-corrected chi connectivity index (χ0v) is 15.1. The van der Waals surface area contributed by atoms with Crippen molar-refractivity contribution in [3.63, 3.8) is 0 Å². The maximum Gasteiger partial charge on any atom is 0.247 e. The Balaban J connectivity index is 1.85. The lowest BCUT2D eigenvalue weighted by Crippen LogP contribution is -2.17. The summed E-state index contributed by atoms with van der Waals surface area (Å²) in [4.78, 5) is 4.50. The van der Waals surface area contributed by atoms with E-state index in [1.54, 1.807) is 0 Å². The second kappa shape index (κ2) is 6.41. The smallest absolute Gasteiger partial charge is 0.247 e. The number of para-hydroxylation sites is 1. The first kappa shape index (κ1) is 15.4. The molecule has 7 heteroatoms. The van der Waals surface area contributed by atoms with Gasteiger partial charge in [0.2, 0.25) is 11.0 Å². The molecule has 1 unspecified atom stereocenters. The number of hydrogen-bond acceptors (Lipinski definition) is 6.